The number of imidazole rings is 1. The summed E-state index contributed by atoms with van der Waals surface area (Å²) in [6.45, 7) is 2.02. The summed E-state index contributed by atoms with van der Waals surface area (Å²) in [6.07, 6.45) is 5.39. The van der Waals surface area contributed by atoms with Gasteiger partial charge in [0, 0.05) is 48.9 Å². The molecule has 9 heteroatoms. The van der Waals surface area contributed by atoms with Gasteiger partial charge in [-0.2, -0.15) is 0 Å². The van der Waals surface area contributed by atoms with Crippen LogP contribution in [0.1, 0.15) is 36.0 Å². The van der Waals surface area contributed by atoms with Crippen molar-refractivity contribution >= 4 is 34.5 Å². The molecule has 0 unspecified atom stereocenters. The summed E-state index contributed by atoms with van der Waals surface area (Å²) in [5.41, 5.74) is 3.68. The van der Waals surface area contributed by atoms with E-state index in [-0.39, 0.29) is 11.8 Å². The van der Waals surface area contributed by atoms with E-state index in [4.69, 9.17) is 9.97 Å². The van der Waals surface area contributed by atoms with E-state index in [2.05, 4.69) is 15.6 Å². The van der Waals surface area contributed by atoms with Gasteiger partial charge in [-0.1, -0.05) is 30.3 Å². The molecule has 1 saturated heterocycles. The van der Waals surface area contributed by atoms with E-state index in [1.807, 2.05) is 51.9 Å². The first kappa shape index (κ1) is 22.2. The van der Waals surface area contributed by atoms with Crippen LogP contribution in [-0.2, 0) is 11.3 Å². The first-order valence-electron chi connectivity index (χ1n) is 12.4. The van der Waals surface area contributed by atoms with E-state index < -0.39 is 0 Å². The number of para-hydroxylation sites is 1. The lowest BCUT2D eigenvalue weighted by atomic mass is 10.1. The van der Waals surface area contributed by atoms with Crippen LogP contribution in [0.2, 0.25) is 0 Å². The summed E-state index contributed by atoms with van der Waals surface area (Å²) in [5, 5.41) is 6.39. The first-order valence-corrected chi connectivity index (χ1v) is 12.4. The lowest BCUT2D eigenvalue weighted by Gasteiger charge is -2.16. The fraction of sp³-hybridized carbons (Fsp3) is 0.296. The molecule has 0 bridgehead atoms. The van der Waals surface area contributed by atoms with Gasteiger partial charge in [-0.05, 0) is 43.5 Å². The molecule has 2 aromatic heterocycles. The van der Waals surface area contributed by atoms with Crippen molar-refractivity contribution in [1.29, 1.82) is 0 Å². The summed E-state index contributed by atoms with van der Waals surface area (Å²) >= 11 is 0. The van der Waals surface area contributed by atoms with E-state index >= 15 is 0 Å². The molecule has 1 saturated carbocycles. The smallest absolute Gasteiger partial charge is 0.251 e. The predicted molar refractivity (Wildman–Crippen MR) is 137 cm³/mol. The largest absolute Gasteiger partial charge is 0.349 e. The molecule has 36 heavy (non-hydrogen) atoms. The Morgan fingerprint density at radius 3 is 2.53 bits per heavy atom. The van der Waals surface area contributed by atoms with Crippen LogP contribution in [0.25, 0.3) is 22.6 Å². The molecule has 0 atom stereocenters. The Balaban J connectivity index is 1.33. The summed E-state index contributed by atoms with van der Waals surface area (Å²) < 4.78 is 1.97. The maximum atomic E-state index is 12.4. The van der Waals surface area contributed by atoms with Gasteiger partial charge < -0.3 is 20.1 Å². The number of carbonyl (C=O) groups excluding carboxylic acids is 2. The molecule has 4 aromatic rings. The third-order valence-corrected chi connectivity index (χ3v) is 6.60. The SMILES string of the molecule is O=C(NC1CC1)c1ccc(-c2nc(Nc3ccccc3)c3ncn(CCN4CCCC4=O)c3n2)cc1. The maximum Gasteiger partial charge on any atom is 0.251 e. The second-order valence-corrected chi connectivity index (χ2v) is 9.31. The Morgan fingerprint density at radius 2 is 1.81 bits per heavy atom. The highest BCUT2D eigenvalue weighted by Crippen LogP contribution is 2.27. The lowest BCUT2D eigenvalue weighted by Crippen LogP contribution is -2.28. The average molecular weight is 482 g/mol. The first-order chi connectivity index (χ1) is 17.6. The third-order valence-electron chi connectivity index (χ3n) is 6.60. The second kappa shape index (κ2) is 9.41. The molecule has 2 aromatic carbocycles. The summed E-state index contributed by atoms with van der Waals surface area (Å²) in [7, 11) is 0. The van der Waals surface area contributed by atoms with E-state index in [0.29, 0.717) is 53.9 Å². The van der Waals surface area contributed by atoms with Crippen LogP contribution in [0.15, 0.2) is 60.9 Å². The van der Waals surface area contributed by atoms with Gasteiger partial charge in [0.15, 0.2) is 22.8 Å². The third kappa shape index (κ3) is 4.64. The van der Waals surface area contributed by atoms with Crippen molar-refractivity contribution in [3.05, 3.63) is 66.5 Å². The standard InChI is InChI=1S/C27H27N7O2/c35-22-7-4-14-33(22)15-16-34-17-28-23-25(29-20-5-2-1-3-6-20)31-24(32-26(23)34)18-8-10-19(11-9-18)27(36)30-21-12-13-21/h1-3,5-6,8-11,17,21H,4,7,12-16H2,(H,30,36)(H,29,31,32). The van der Waals surface area contributed by atoms with Crippen molar-refractivity contribution in [1.82, 2.24) is 29.7 Å². The molecular weight excluding hydrogens is 454 g/mol. The number of rotatable bonds is 8. The highest BCUT2D eigenvalue weighted by Gasteiger charge is 2.24. The zero-order valence-corrected chi connectivity index (χ0v) is 19.9. The Morgan fingerprint density at radius 1 is 1.00 bits per heavy atom. The van der Waals surface area contributed by atoms with E-state index in [9.17, 15) is 9.59 Å². The fourth-order valence-electron chi connectivity index (χ4n) is 4.42. The Hall–Kier alpha value is -4.27. The molecule has 9 nitrogen and oxygen atoms in total. The monoisotopic (exact) mass is 481 g/mol. The van der Waals surface area contributed by atoms with Gasteiger partial charge in [-0.15, -0.1) is 0 Å². The Labute approximate surface area is 208 Å². The quantitative estimate of drug-likeness (QED) is 0.397. The van der Waals surface area contributed by atoms with Crippen LogP contribution < -0.4 is 10.6 Å². The molecule has 0 radical (unpaired) electrons. The van der Waals surface area contributed by atoms with Gasteiger partial charge in [0.2, 0.25) is 5.91 Å². The fourth-order valence-corrected chi connectivity index (χ4v) is 4.42. The van der Waals surface area contributed by atoms with Crippen molar-refractivity contribution < 1.29 is 9.59 Å². The van der Waals surface area contributed by atoms with Crippen LogP contribution in [0, 0.1) is 0 Å². The van der Waals surface area contributed by atoms with Gasteiger partial charge in [-0.3, -0.25) is 9.59 Å². The zero-order valence-electron chi connectivity index (χ0n) is 19.9. The van der Waals surface area contributed by atoms with E-state index in [1.165, 1.54) is 0 Å². The van der Waals surface area contributed by atoms with Crippen LogP contribution in [0.3, 0.4) is 0 Å². The number of nitrogens with zero attached hydrogens (tertiary/aromatic N) is 5. The highest BCUT2D eigenvalue weighted by molar-refractivity contribution is 5.95. The molecule has 3 heterocycles. The summed E-state index contributed by atoms with van der Waals surface area (Å²) in [5.74, 6) is 1.29. The number of likely N-dealkylation sites (tertiary alicyclic amines) is 1. The molecule has 2 N–H and O–H groups in total. The van der Waals surface area contributed by atoms with Crippen LogP contribution in [-0.4, -0.2) is 55.4 Å². The molecule has 2 aliphatic rings. The van der Waals surface area contributed by atoms with Gasteiger partial charge in [0.05, 0.1) is 6.33 Å². The average Bonchev–Trinajstić information content (AvgIpc) is 3.47. The number of nitrogens with one attached hydrogen (secondary N) is 2. The number of amides is 2. The number of benzene rings is 2. The Bertz CT molecular complexity index is 1410. The summed E-state index contributed by atoms with van der Waals surface area (Å²) in [4.78, 5) is 40.6. The minimum absolute atomic E-state index is 0.0543. The van der Waals surface area contributed by atoms with Gasteiger partial charge in [0.25, 0.3) is 5.91 Å². The molecule has 0 spiro atoms. The number of hydrogen-bond acceptors (Lipinski definition) is 6. The van der Waals surface area contributed by atoms with Crippen LogP contribution >= 0.6 is 0 Å². The minimum atomic E-state index is -0.0543. The van der Waals surface area contributed by atoms with Crippen molar-refractivity contribution in [2.45, 2.75) is 38.3 Å². The Kier molecular flexibility index (Phi) is 5.80. The molecule has 2 fully saturated rings. The molecule has 182 valence electrons. The predicted octanol–water partition coefficient (Wildman–Crippen LogP) is 3.75. The van der Waals surface area contributed by atoms with Crippen LogP contribution in [0.5, 0.6) is 0 Å². The van der Waals surface area contributed by atoms with Gasteiger partial charge in [-0.25, -0.2) is 15.0 Å². The maximum absolute atomic E-state index is 12.4. The number of hydrogen-bond donors (Lipinski definition) is 2. The van der Waals surface area contributed by atoms with Gasteiger partial charge in [0.1, 0.15) is 0 Å². The number of anilines is 2. The number of aromatic nitrogens is 4. The molecule has 2 amide bonds. The van der Waals surface area contributed by atoms with Crippen molar-refractivity contribution in [3.8, 4) is 11.4 Å². The molecule has 1 aliphatic carbocycles. The highest BCUT2D eigenvalue weighted by atomic mass is 16.2. The van der Waals surface area contributed by atoms with Crippen molar-refractivity contribution in [2.75, 3.05) is 18.4 Å². The number of fused-ring (bicyclic) bond motifs is 1. The van der Waals surface area contributed by atoms with Crippen LogP contribution in [0.4, 0.5) is 11.5 Å². The van der Waals surface area contributed by atoms with E-state index in [1.54, 1.807) is 18.5 Å². The van der Waals surface area contributed by atoms with Crippen molar-refractivity contribution in [2.24, 2.45) is 0 Å². The normalized spacial score (nSPS) is 15.4. The van der Waals surface area contributed by atoms with Crippen molar-refractivity contribution in [3.63, 3.8) is 0 Å². The molecule has 1 aliphatic heterocycles. The van der Waals surface area contributed by atoms with Gasteiger partial charge >= 0.3 is 0 Å². The molecule has 6 rings (SSSR count). The molecular formula is C27H27N7O2. The second-order valence-electron chi connectivity index (χ2n) is 9.31. The lowest BCUT2D eigenvalue weighted by molar-refractivity contribution is -0.127. The number of carbonyl (C=O) groups is 2. The summed E-state index contributed by atoms with van der Waals surface area (Å²) in [6, 6.07) is 17.5. The zero-order chi connectivity index (χ0) is 24.5. The van der Waals surface area contributed by atoms with E-state index in [0.717, 1.165) is 37.1 Å². The minimum Gasteiger partial charge on any atom is -0.349 e. The topological polar surface area (TPSA) is 105 Å².